The summed E-state index contributed by atoms with van der Waals surface area (Å²) < 4.78 is 0. The Morgan fingerprint density at radius 2 is 2.69 bits per heavy atom. The van der Waals surface area contributed by atoms with Crippen molar-refractivity contribution in [3.8, 4) is 0 Å². The summed E-state index contributed by atoms with van der Waals surface area (Å²) in [5, 5.41) is 3.14. The molecule has 0 aliphatic carbocycles. The van der Waals surface area contributed by atoms with E-state index in [0.717, 1.165) is 5.69 Å². The van der Waals surface area contributed by atoms with Gasteiger partial charge in [0.25, 0.3) is 5.91 Å². The van der Waals surface area contributed by atoms with Crippen molar-refractivity contribution in [1.82, 2.24) is 10.0 Å². The first-order valence-electron chi connectivity index (χ1n) is 3.84. The van der Waals surface area contributed by atoms with Gasteiger partial charge < -0.3 is 5.73 Å². The van der Waals surface area contributed by atoms with Gasteiger partial charge in [0, 0.05) is 5.38 Å². The molecule has 2 rings (SSSR count). The fraction of sp³-hybridized carbons (Fsp3) is 0.429. The lowest BCUT2D eigenvalue weighted by atomic mass is 10.3. The molecule has 1 aromatic rings. The Morgan fingerprint density at radius 1 is 1.85 bits per heavy atom. The highest BCUT2D eigenvalue weighted by Crippen LogP contribution is 2.11. The number of nitrogens with two attached hydrogens (primary N) is 1. The van der Waals surface area contributed by atoms with Gasteiger partial charge in [0.15, 0.2) is 0 Å². The van der Waals surface area contributed by atoms with E-state index in [-0.39, 0.29) is 12.5 Å². The molecule has 1 aliphatic heterocycles. The lowest BCUT2D eigenvalue weighted by Crippen LogP contribution is -2.34. The maximum absolute atomic E-state index is 11.3. The number of rotatable bonds is 2. The second kappa shape index (κ2) is 3.41. The van der Waals surface area contributed by atoms with Crippen LogP contribution in [0.2, 0.25) is 0 Å². The predicted molar refractivity (Wildman–Crippen MR) is 46.6 cm³/mol. The normalized spacial score (nSPS) is 22.7. The van der Waals surface area contributed by atoms with Crippen molar-refractivity contribution in [2.45, 2.75) is 12.6 Å². The third kappa shape index (κ3) is 1.69. The molecule has 0 radical (unpaired) electrons. The van der Waals surface area contributed by atoms with Crippen molar-refractivity contribution in [3.63, 3.8) is 0 Å². The van der Waals surface area contributed by atoms with Gasteiger partial charge in [-0.3, -0.25) is 9.63 Å². The summed E-state index contributed by atoms with van der Waals surface area (Å²) in [4.78, 5) is 20.4. The summed E-state index contributed by atoms with van der Waals surface area (Å²) in [6, 6.07) is -0.515. The summed E-state index contributed by atoms with van der Waals surface area (Å²) in [5.41, 5.74) is 8.01. The molecule has 6 heteroatoms. The minimum atomic E-state index is -0.515. The van der Waals surface area contributed by atoms with Crippen molar-refractivity contribution in [3.05, 3.63) is 16.6 Å². The van der Waals surface area contributed by atoms with Gasteiger partial charge >= 0.3 is 0 Å². The highest BCUT2D eigenvalue weighted by molar-refractivity contribution is 7.07. The number of nitrogens with zero attached hydrogens (tertiary/aromatic N) is 2. The Labute approximate surface area is 79.1 Å². The maximum atomic E-state index is 11.3. The van der Waals surface area contributed by atoms with E-state index >= 15 is 0 Å². The molecule has 5 nitrogen and oxygen atoms in total. The van der Waals surface area contributed by atoms with Crippen molar-refractivity contribution in [2.24, 2.45) is 5.73 Å². The van der Waals surface area contributed by atoms with E-state index < -0.39 is 6.04 Å². The number of hydroxylamine groups is 2. The average molecular weight is 199 g/mol. The van der Waals surface area contributed by atoms with Gasteiger partial charge in [0.2, 0.25) is 0 Å². The van der Waals surface area contributed by atoms with E-state index in [1.165, 1.54) is 16.4 Å². The van der Waals surface area contributed by atoms with Crippen LogP contribution in [0.5, 0.6) is 0 Å². The molecule has 0 aromatic carbocycles. The Hall–Kier alpha value is -0.980. The smallest absolute Gasteiger partial charge is 0.265 e. The van der Waals surface area contributed by atoms with Gasteiger partial charge in [-0.2, -0.15) is 0 Å². The molecule has 1 unspecified atom stereocenters. The third-order valence-electron chi connectivity index (χ3n) is 1.76. The minimum absolute atomic E-state index is 0.173. The number of hydrogen-bond acceptors (Lipinski definition) is 5. The minimum Gasteiger partial charge on any atom is -0.318 e. The van der Waals surface area contributed by atoms with E-state index in [4.69, 9.17) is 10.6 Å². The molecule has 2 N–H and O–H groups in total. The Balaban J connectivity index is 2.00. The van der Waals surface area contributed by atoms with Gasteiger partial charge in [-0.15, -0.1) is 11.3 Å². The number of carbonyl (C=O) groups is 1. The zero-order valence-electron chi connectivity index (χ0n) is 6.84. The number of aromatic nitrogens is 1. The summed E-state index contributed by atoms with van der Waals surface area (Å²) in [6.45, 7) is 0.652. The monoisotopic (exact) mass is 199 g/mol. The van der Waals surface area contributed by atoms with Crippen molar-refractivity contribution >= 4 is 17.2 Å². The molecule has 0 saturated carbocycles. The Kier molecular flexibility index (Phi) is 2.26. The van der Waals surface area contributed by atoms with Crippen molar-refractivity contribution in [2.75, 3.05) is 6.61 Å². The fourth-order valence-electron chi connectivity index (χ4n) is 1.08. The second-order valence-corrected chi connectivity index (χ2v) is 3.48. The molecule has 13 heavy (non-hydrogen) atoms. The van der Waals surface area contributed by atoms with Crippen LogP contribution >= 0.6 is 11.3 Å². The van der Waals surface area contributed by atoms with Gasteiger partial charge in [-0.05, 0) is 0 Å². The number of thiazole rings is 1. The first-order chi connectivity index (χ1) is 6.27. The largest absolute Gasteiger partial charge is 0.318 e. The third-order valence-corrected chi connectivity index (χ3v) is 2.40. The maximum Gasteiger partial charge on any atom is 0.265 e. The Morgan fingerprint density at radius 3 is 3.23 bits per heavy atom. The van der Waals surface area contributed by atoms with Crippen LogP contribution in [-0.2, 0) is 16.2 Å². The van der Waals surface area contributed by atoms with Crippen molar-refractivity contribution in [1.29, 1.82) is 0 Å². The zero-order valence-corrected chi connectivity index (χ0v) is 7.66. The summed E-state index contributed by atoms with van der Waals surface area (Å²) >= 11 is 1.49. The molecule has 0 spiro atoms. The fourth-order valence-corrected chi connectivity index (χ4v) is 1.63. The van der Waals surface area contributed by atoms with Crippen LogP contribution in [0.15, 0.2) is 10.9 Å². The highest BCUT2D eigenvalue weighted by atomic mass is 32.1. The molecule has 70 valence electrons. The molecule has 1 amide bonds. The molecule has 1 saturated heterocycles. The van der Waals surface area contributed by atoms with E-state index in [2.05, 4.69) is 4.98 Å². The van der Waals surface area contributed by atoms with E-state index in [1.54, 1.807) is 5.51 Å². The van der Waals surface area contributed by atoms with E-state index in [9.17, 15) is 4.79 Å². The lowest BCUT2D eigenvalue weighted by molar-refractivity contribution is -0.164. The molecule has 1 aromatic heterocycles. The quantitative estimate of drug-likeness (QED) is 0.712. The van der Waals surface area contributed by atoms with E-state index in [0.29, 0.717) is 6.54 Å². The summed E-state index contributed by atoms with van der Waals surface area (Å²) in [6.07, 6.45) is 0. The predicted octanol–water partition coefficient (Wildman–Crippen LogP) is -0.256. The summed E-state index contributed by atoms with van der Waals surface area (Å²) in [5.74, 6) is -0.173. The van der Waals surface area contributed by atoms with Crippen LogP contribution in [-0.4, -0.2) is 28.6 Å². The molecule has 0 bridgehead atoms. The molecule has 1 aliphatic rings. The van der Waals surface area contributed by atoms with Gasteiger partial charge in [-0.25, -0.2) is 10.0 Å². The molecular weight excluding hydrogens is 190 g/mol. The second-order valence-electron chi connectivity index (χ2n) is 2.76. The molecular formula is C7H9N3O2S. The van der Waals surface area contributed by atoms with Crippen LogP contribution in [0.1, 0.15) is 5.69 Å². The lowest BCUT2D eigenvalue weighted by Gasteiger charge is -2.11. The number of amides is 1. The van der Waals surface area contributed by atoms with Crippen molar-refractivity contribution < 1.29 is 9.63 Å². The molecule has 1 atom stereocenters. The number of hydrogen-bond donors (Lipinski definition) is 1. The first kappa shape index (κ1) is 8.61. The van der Waals surface area contributed by atoms with Crippen LogP contribution in [0.25, 0.3) is 0 Å². The zero-order chi connectivity index (χ0) is 9.26. The van der Waals surface area contributed by atoms with Crippen LogP contribution in [0.4, 0.5) is 0 Å². The van der Waals surface area contributed by atoms with Crippen LogP contribution in [0, 0.1) is 0 Å². The highest BCUT2D eigenvalue weighted by Gasteiger charge is 2.30. The SMILES string of the molecule is NC1CON(Cc2cscn2)C1=O. The first-order valence-corrected chi connectivity index (χ1v) is 4.78. The van der Waals surface area contributed by atoms with Gasteiger partial charge in [-0.1, -0.05) is 0 Å². The molecule has 2 heterocycles. The molecule has 1 fully saturated rings. The summed E-state index contributed by atoms with van der Waals surface area (Å²) in [7, 11) is 0. The number of carbonyl (C=O) groups excluding carboxylic acids is 1. The van der Waals surface area contributed by atoms with Crippen LogP contribution < -0.4 is 5.73 Å². The standard InChI is InChI=1S/C7H9N3O2S/c8-6-2-12-10(7(6)11)1-5-3-13-4-9-5/h3-4,6H,1-2,8H2. The van der Waals surface area contributed by atoms with Gasteiger partial charge in [0.05, 0.1) is 24.4 Å². The topological polar surface area (TPSA) is 68.5 Å². The van der Waals surface area contributed by atoms with E-state index in [1.807, 2.05) is 5.38 Å². The van der Waals surface area contributed by atoms with Gasteiger partial charge in [0.1, 0.15) is 6.04 Å². The average Bonchev–Trinajstić information content (AvgIpc) is 2.71. The Bertz CT molecular complexity index is 301. The van der Waals surface area contributed by atoms with Crippen LogP contribution in [0.3, 0.4) is 0 Å².